The van der Waals surface area contributed by atoms with Gasteiger partial charge in [0.05, 0.1) is 13.2 Å². The first-order valence-corrected chi connectivity index (χ1v) is 8.79. The highest BCUT2D eigenvalue weighted by molar-refractivity contribution is 5.94. The molecule has 1 saturated heterocycles. The van der Waals surface area contributed by atoms with Gasteiger partial charge >= 0.3 is 6.09 Å². The van der Waals surface area contributed by atoms with Gasteiger partial charge in [-0.15, -0.1) is 0 Å². The predicted molar refractivity (Wildman–Crippen MR) is 95.3 cm³/mol. The van der Waals surface area contributed by atoms with E-state index < -0.39 is 11.7 Å². The number of hydrogen-bond acceptors (Lipinski definition) is 6. The molecule has 1 unspecified atom stereocenters. The highest BCUT2D eigenvalue weighted by Gasteiger charge is 2.18. The van der Waals surface area contributed by atoms with Crippen molar-refractivity contribution in [1.82, 2.24) is 15.6 Å². The van der Waals surface area contributed by atoms with Crippen LogP contribution < -0.4 is 15.4 Å². The van der Waals surface area contributed by atoms with E-state index in [2.05, 4.69) is 15.6 Å². The van der Waals surface area contributed by atoms with Crippen molar-refractivity contribution in [3.8, 4) is 5.88 Å². The standard InChI is InChI=1S/C18H27N3O5/c1-18(2,3)26-17(23)21-8-4-7-20-16(22)13-5-9-19-15(11-13)25-14-6-10-24-12-14/h5,9,11,14H,4,6-8,10,12H2,1-3H3,(H,20,22)(H,21,23). The summed E-state index contributed by atoms with van der Waals surface area (Å²) in [5.74, 6) is 0.205. The van der Waals surface area contributed by atoms with E-state index in [4.69, 9.17) is 14.2 Å². The van der Waals surface area contributed by atoms with Crippen molar-refractivity contribution >= 4 is 12.0 Å². The summed E-state index contributed by atoms with van der Waals surface area (Å²) in [5, 5.41) is 5.45. The van der Waals surface area contributed by atoms with Gasteiger partial charge in [0, 0.05) is 37.3 Å². The summed E-state index contributed by atoms with van der Waals surface area (Å²) in [6.07, 6.45) is 2.49. The van der Waals surface area contributed by atoms with E-state index in [1.165, 1.54) is 0 Å². The van der Waals surface area contributed by atoms with Gasteiger partial charge < -0.3 is 24.8 Å². The van der Waals surface area contributed by atoms with Gasteiger partial charge in [-0.05, 0) is 33.3 Å². The van der Waals surface area contributed by atoms with E-state index >= 15 is 0 Å². The monoisotopic (exact) mass is 365 g/mol. The lowest BCUT2D eigenvalue weighted by Crippen LogP contribution is -2.34. The van der Waals surface area contributed by atoms with Gasteiger partial charge in [0.1, 0.15) is 11.7 Å². The Kier molecular flexibility index (Phi) is 7.20. The number of nitrogens with zero attached hydrogens (tertiary/aromatic N) is 1. The third-order valence-corrected chi connectivity index (χ3v) is 3.48. The van der Waals surface area contributed by atoms with Crippen molar-refractivity contribution in [3.05, 3.63) is 23.9 Å². The lowest BCUT2D eigenvalue weighted by Gasteiger charge is -2.19. The zero-order valence-electron chi connectivity index (χ0n) is 15.5. The van der Waals surface area contributed by atoms with Crippen molar-refractivity contribution in [1.29, 1.82) is 0 Å². The van der Waals surface area contributed by atoms with Crippen LogP contribution in [0.25, 0.3) is 0 Å². The molecule has 1 aliphatic heterocycles. The summed E-state index contributed by atoms with van der Waals surface area (Å²) >= 11 is 0. The zero-order valence-corrected chi connectivity index (χ0v) is 15.5. The van der Waals surface area contributed by atoms with Crippen LogP contribution in [0.4, 0.5) is 4.79 Å². The molecule has 0 aliphatic carbocycles. The Balaban J connectivity index is 1.68. The number of ether oxygens (including phenoxy) is 3. The van der Waals surface area contributed by atoms with E-state index in [1.807, 2.05) is 0 Å². The molecule has 0 bridgehead atoms. The molecule has 8 nitrogen and oxygen atoms in total. The molecule has 0 saturated carbocycles. The van der Waals surface area contributed by atoms with Crippen LogP contribution in [0.1, 0.15) is 44.0 Å². The van der Waals surface area contributed by atoms with Crippen molar-refractivity contribution < 1.29 is 23.8 Å². The minimum Gasteiger partial charge on any atom is -0.472 e. The van der Waals surface area contributed by atoms with Crippen molar-refractivity contribution in [2.45, 2.75) is 45.3 Å². The van der Waals surface area contributed by atoms with Crippen LogP contribution in [0.5, 0.6) is 5.88 Å². The van der Waals surface area contributed by atoms with Crippen LogP contribution in [0.3, 0.4) is 0 Å². The molecule has 0 spiro atoms. The Morgan fingerprint density at radius 3 is 2.77 bits per heavy atom. The van der Waals surface area contributed by atoms with Crippen LogP contribution in [0, 0.1) is 0 Å². The number of pyridine rings is 1. The summed E-state index contributed by atoms with van der Waals surface area (Å²) in [6.45, 7) is 7.49. The SMILES string of the molecule is CC(C)(C)OC(=O)NCCCNC(=O)c1ccnc(OC2CCOC2)c1. The molecule has 2 rings (SSSR count). The van der Waals surface area contributed by atoms with E-state index in [0.29, 0.717) is 44.2 Å². The van der Waals surface area contributed by atoms with Crippen molar-refractivity contribution in [2.75, 3.05) is 26.3 Å². The first-order valence-electron chi connectivity index (χ1n) is 8.79. The van der Waals surface area contributed by atoms with E-state index in [9.17, 15) is 9.59 Å². The van der Waals surface area contributed by atoms with Crippen LogP contribution >= 0.6 is 0 Å². The highest BCUT2D eigenvalue weighted by atomic mass is 16.6. The summed E-state index contributed by atoms with van der Waals surface area (Å²) in [6, 6.07) is 3.25. The van der Waals surface area contributed by atoms with Crippen molar-refractivity contribution in [2.24, 2.45) is 0 Å². The minimum atomic E-state index is -0.524. The van der Waals surface area contributed by atoms with Gasteiger partial charge in [0.2, 0.25) is 5.88 Å². The fraction of sp³-hybridized carbons (Fsp3) is 0.611. The number of alkyl carbamates (subject to hydrolysis) is 1. The molecule has 1 fully saturated rings. The normalized spacial score (nSPS) is 16.8. The second-order valence-electron chi connectivity index (χ2n) is 7.02. The molecule has 1 atom stereocenters. The highest BCUT2D eigenvalue weighted by Crippen LogP contribution is 2.15. The first-order chi connectivity index (χ1) is 12.3. The quantitative estimate of drug-likeness (QED) is 0.716. The number of amides is 2. The van der Waals surface area contributed by atoms with Crippen LogP contribution in [-0.4, -0.2) is 55.0 Å². The average molecular weight is 365 g/mol. The first kappa shape index (κ1) is 20.0. The molecule has 2 N–H and O–H groups in total. The zero-order chi connectivity index (χ0) is 19.0. The maximum absolute atomic E-state index is 12.2. The lowest BCUT2D eigenvalue weighted by atomic mass is 10.2. The number of hydrogen-bond donors (Lipinski definition) is 2. The number of nitrogens with one attached hydrogen (secondary N) is 2. The maximum Gasteiger partial charge on any atom is 0.407 e. The smallest absolute Gasteiger partial charge is 0.407 e. The van der Waals surface area contributed by atoms with Gasteiger partial charge in [0.25, 0.3) is 5.91 Å². The van der Waals surface area contributed by atoms with E-state index in [0.717, 1.165) is 6.42 Å². The summed E-state index contributed by atoms with van der Waals surface area (Å²) in [5.41, 5.74) is -0.0432. The van der Waals surface area contributed by atoms with Gasteiger partial charge in [-0.3, -0.25) is 4.79 Å². The summed E-state index contributed by atoms with van der Waals surface area (Å²) < 4.78 is 16.1. The number of carbonyl (C=O) groups is 2. The van der Waals surface area contributed by atoms with Gasteiger partial charge in [-0.2, -0.15) is 0 Å². The van der Waals surface area contributed by atoms with E-state index in [1.54, 1.807) is 39.1 Å². The number of aromatic nitrogens is 1. The van der Waals surface area contributed by atoms with Crippen LogP contribution in [-0.2, 0) is 9.47 Å². The van der Waals surface area contributed by atoms with Gasteiger partial charge in [0.15, 0.2) is 0 Å². The Hall–Kier alpha value is -2.35. The van der Waals surface area contributed by atoms with Crippen molar-refractivity contribution in [3.63, 3.8) is 0 Å². The molecule has 1 aromatic heterocycles. The molecule has 26 heavy (non-hydrogen) atoms. The van der Waals surface area contributed by atoms with Gasteiger partial charge in [-0.25, -0.2) is 9.78 Å². The van der Waals surface area contributed by atoms with E-state index in [-0.39, 0.29) is 12.0 Å². The van der Waals surface area contributed by atoms with Crippen LogP contribution in [0.2, 0.25) is 0 Å². The molecular weight excluding hydrogens is 338 g/mol. The third-order valence-electron chi connectivity index (χ3n) is 3.48. The van der Waals surface area contributed by atoms with Gasteiger partial charge in [-0.1, -0.05) is 0 Å². The third kappa shape index (κ3) is 7.26. The Morgan fingerprint density at radius 1 is 1.31 bits per heavy atom. The van der Waals surface area contributed by atoms with Crippen LogP contribution in [0.15, 0.2) is 18.3 Å². The summed E-state index contributed by atoms with van der Waals surface area (Å²) in [7, 11) is 0. The molecule has 1 aliphatic rings. The number of carbonyl (C=O) groups excluding carboxylic acids is 2. The second kappa shape index (κ2) is 9.38. The topological polar surface area (TPSA) is 98.8 Å². The molecule has 0 aromatic carbocycles. The predicted octanol–water partition coefficient (Wildman–Crippen LogP) is 1.89. The Morgan fingerprint density at radius 2 is 2.08 bits per heavy atom. The largest absolute Gasteiger partial charge is 0.472 e. The maximum atomic E-state index is 12.2. The fourth-order valence-corrected chi connectivity index (χ4v) is 2.29. The molecule has 2 heterocycles. The molecular formula is C18H27N3O5. The fourth-order valence-electron chi connectivity index (χ4n) is 2.29. The molecule has 2 amide bonds. The second-order valence-corrected chi connectivity index (χ2v) is 7.02. The molecule has 144 valence electrons. The Bertz CT molecular complexity index is 609. The summed E-state index contributed by atoms with van der Waals surface area (Å²) in [4.78, 5) is 27.8. The molecule has 8 heteroatoms. The minimum absolute atomic E-state index is 0.0141. The molecule has 1 aromatic rings. The lowest BCUT2D eigenvalue weighted by molar-refractivity contribution is 0.0527. The molecule has 0 radical (unpaired) electrons. The number of rotatable bonds is 7. The Labute approximate surface area is 153 Å². The average Bonchev–Trinajstić information content (AvgIpc) is 3.06.